The van der Waals surface area contributed by atoms with Crippen molar-refractivity contribution in [2.24, 2.45) is 0 Å². The zero-order chi connectivity index (χ0) is 8.27. The van der Waals surface area contributed by atoms with E-state index in [1.54, 1.807) is 0 Å². The van der Waals surface area contributed by atoms with Gasteiger partial charge in [-0.15, -0.1) is 0 Å². The van der Waals surface area contributed by atoms with Gasteiger partial charge in [-0.2, -0.15) is 11.8 Å². The number of aliphatic hydroxyl groups is 2. The summed E-state index contributed by atoms with van der Waals surface area (Å²) in [6.45, 7) is -0.230. The molecular weight excluding hydrogens is 168 g/mol. The van der Waals surface area contributed by atoms with Crippen LogP contribution in [0.15, 0.2) is 0 Å². The average molecular weight is 178 g/mol. The second kappa shape index (κ2) is 3.94. The smallest absolute Gasteiger partial charge is 0.349 e. The molecule has 1 saturated heterocycles. The van der Waals surface area contributed by atoms with Crippen LogP contribution in [-0.2, 0) is 9.53 Å². The number of hydrogen-bond acceptors (Lipinski definition) is 5. The number of ether oxygens (including phenoxy) is 1. The molecule has 0 radical (unpaired) electrons. The first-order valence-corrected chi connectivity index (χ1v) is 4.46. The Morgan fingerprint density at radius 1 is 1.73 bits per heavy atom. The van der Waals surface area contributed by atoms with Crippen molar-refractivity contribution in [3.8, 4) is 0 Å². The van der Waals surface area contributed by atoms with Crippen LogP contribution in [0.25, 0.3) is 0 Å². The second-order valence-corrected chi connectivity index (χ2v) is 3.37. The molecule has 2 atom stereocenters. The Balaban J connectivity index is 1.92. The average Bonchev–Trinajstić information content (AvgIpc) is 2.66. The van der Waals surface area contributed by atoms with E-state index in [9.17, 15) is 4.79 Å². The molecule has 5 heteroatoms. The minimum Gasteiger partial charge on any atom is -0.447 e. The molecule has 1 rings (SSSR count). The lowest BCUT2D eigenvalue weighted by Crippen LogP contribution is -2.15. The van der Waals surface area contributed by atoms with Crippen molar-refractivity contribution in [1.82, 2.24) is 0 Å². The topological polar surface area (TPSA) is 70.1 Å². The van der Waals surface area contributed by atoms with Crippen LogP contribution in [0.1, 0.15) is 0 Å². The van der Waals surface area contributed by atoms with E-state index in [0.29, 0.717) is 11.5 Å². The zero-order valence-electron chi connectivity index (χ0n) is 5.90. The first-order chi connectivity index (χ1) is 5.24. The largest absolute Gasteiger partial charge is 0.447 e. The molecule has 1 fully saturated rings. The maximum atomic E-state index is 10.3. The van der Waals surface area contributed by atoms with Crippen molar-refractivity contribution in [3.05, 3.63) is 0 Å². The van der Waals surface area contributed by atoms with E-state index in [0.717, 1.165) is 0 Å². The fourth-order valence-electron chi connectivity index (χ4n) is 0.572. The van der Waals surface area contributed by atoms with Crippen molar-refractivity contribution in [1.29, 1.82) is 0 Å². The Kier molecular flexibility index (Phi) is 3.16. The number of epoxide rings is 1. The zero-order valence-corrected chi connectivity index (χ0v) is 6.71. The van der Waals surface area contributed by atoms with Gasteiger partial charge in [0.05, 0.1) is 12.7 Å². The molecule has 0 saturated carbocycles. The Hall–Kier alpha value is -0.260. The lowest BCUT2D eigenvalue weighted by Gasteiger charge is -2.03. The molecule has 0 spiro atoms. The number of carbonyl (C=O) groups is 1. The van der Waals surface area contributed by atoms with E-state index < -0.39 is 6.10 Å². The van der Waals surface area contributed by atoms with E-state index in [1.165, 1.54) is 11.8 Å². The van der Waals surface area contributed by atoms with Gasteiger partial charge in [0.1, 0.15) is 0 Å². The third-order valence-electron chi connectivity index (χ3n) is 1.25. The molecule has 1 heterocycles. The molecule has 11 heavy (non-hydrogen) atoms. The molecule has 4 nitrogen and oxygen atoms in total. The fourth-order valence-corrected chi connectivity index (χ4v) is 1.50. The highest BCUT2D eigenvalue weighted by Gasteiger charge is 2.37. The highest BCUT2D eigenvalue weighted by molar-refractivity contribution is 7.99. The normalized spacial score (nSPS) is 24.5. The van der Waals surface area contributed by atoms with Gasteiger partial charge in [-0.3, -0.25) is 0 Å². The van der Waals surface area contributed by atoms with Crippen molar-refractivity contribution in [2.75, 3.05) is 18.1 Å². The lowest BCUT2D eigenvalue weighted by atomic mass is 10.4. The maximum absolute atomic E-state index is 10.3. The predicted molar refractivity (Wildman–Crippen MR) is 40.3 cm³/mol. The molecule has 0 amide bonds. The summed E-state index contributed by atoms with van der Waals surface area (Å²) in [6, 6.07) is 0. The van der Waals surface area contributed by atoms with Crippen molar-refractivity contribution in [3.63, 3.8) is 0 Å². The molecule has 0 aromatic heterocycles. The summed E-state index contributed by atoms with van der Waals surface area (Å²) in [6.07, 6.45) is -0.945. The summed E-state index contributed by atoms with van der Waals surface area (Å²) in [5.41, 5.74) is 0. The second-order valence-electron chi connectivity index (χ2n) is 2.30. The number of thioether (sulfide) groups is 1. The number of hydrogen-bond donors (Lipinski definition) is 2. The van der Waals surface area contributed by atoms with Crippen LogP contribution in [0, 0.1) is 0 Å². The standard InChI is InChI=1S/C6H10O4S/c7-1-4(8)2-11-3-5-6(9)10-5/h4-5,7-8H,1-3H2. The Bertz CT molecular complexity index is 150. The molecular formula is C6H10O4S. The van der Waals surface area contributed by atoms with Crippen LogP contribution in [-0.4, -0.2) is 46.5 Å². The van der Waals surface area contributed by atoms with Crippen LogP contribution in [0.2, 0.25) is 0 Å². The Morgan fingerprint density at radius 2 is 2.36 bits per heavy atom. The van der Waals surface area contributed by atoms with E-state index in [1.807, 2.05) is 0 Å². The summed E-state index contributed by atoms with van der Waals surface area (Å²) >= 11 is 1.40. The van der Waals surface area contributed by atoms with Crippen LogP contribution >= 0.6 is 11.8 Å². The third kappa shape index (κ3) is 3.09. The monoisotopic (exact) mass is 178 g/mol. The molecule has 0 aliphatic carbocycles. The molecule has 0 aromatic rings. The highest BCUT2D eigenvalue weighted by Crippen LogP contribution is 2.18. The number of rotatable bonds is 5. The van der Waals surface area contributed by atoms with Gasteiger partial charge in [-0.1, -0.05) is 0 Å². The van der Waals surface area contributed by atoms with Gasteiger partial charge in [0, 0.05) is 11.5 Å². The summed E-state index contributed by atoms with van der Waals surface area (Å²) in [5, 5.41) is 17.3. The predicted octanol–water partition coefficient (Wildman–Crippen LogP) is -1.00. The lowest BCUT2D eigenvalue weighted by molar-refractivity contribution is -0.117. The van der Waals surface area contributed by atoms with E-state index in [4.69, 9.17) is 10.2 Å². The fraction of sp³-hybridized carbons (Fsp3) is 0.833. The Morgan fingerprint density at radius 3 is 2.82 bits per heavy atom. The highest BCUT2D eigenvalue weighted by atomic mass is 32.2. The van der Waals surface area contributed by atoms with E-state index in [-0.39, 0.29) is 18.7 Å². The first-order valence-electron chi connectivity index (χ1n) is 3.31. The van der Waals surface area contributed by atoms with Crippen molar-refractivity contribution in [2.45, 2.75) is 12.2 Å². The van der Waals surface area contributed by atoms with E-state index in [2.05, 4.69) is 4.74 Å². The van der Waals surface area contributed by atoms with Crippen molar-refractivity contribution >= 4 is 17.7 Å². The van der Waals surface area contributed by atoms with Gasteiger partial charge >= 0.3 is 5.97 Å². The SMILES string of the molecule is O=C1OC1CSCC(O)CO. The number of carbonyl (C=O) groups excluding carboxylic acids is 1. The van der Waals surface area contributed by atoms with Crippen LogP contribution in [0.5, 0.6) is 0 Å². The molecule has 0 bridgehead atoms. The summed E-state index contributed by atoms with van der Waals surface area (Å²) in [4.78, 5) is 10.3. The molecule has 0 aromatic carbocycles. The van der Waals surface area contributed by atoms with Gasteiger partial charge in [0.25, 0.3) is 0 Å². The van der Waals surface area contributed by atoms with Gasteiger partial charge in [0.2, 0.25) is 6.10 Å². The summed E-state index contributed by atoms with van der Waals surface area (Å²) in [5.74, 6) is 0.857. The maximum Gasteiger partial charge on any atom is 0.349 e. The molecule has 1 aliphatic rings. The Labute approximate surface area is 68.5 Å². The molecule has 2 unspecified atom stereocenters. The third-order valence-corrected chi connectivity index (χ3v) is 2.41. The quantitative estimate of drug-likeness (QED) is 0.528. The van der Waals surface area contributed by atoms with Crippen LogP contribution < -0.4 is 0 Å². The van der Waals surface area contributed by atoms with Crippen molar-refractivity contribution < 1.29 is 19.7 Å². The summed E-state index contributed by atoms with van der Waals surface area (Å²) in [7, 11) is 0. The minimum atomic E-state index is -0.686. The molecule has 2 N–H and O–H groups in total. The molecule has 64 valence electrons. The van der Waals surface area contributed by atoms with Gasteiger partial charge in [-0.25, -0.2) is 4.79 Å². The van der Waals surface area contributed by atoms with E-state index >= 15 is 0 Å². The van der Waals surface area contributed by atoms with Gasteiger partial charge in [0.15, 0.2) is 0 Å². The van der Waals surface area contributed by atoms with Crippen LogP contribution in [0.3, 0.4) is 0 Å². The number of cyclic esters (lactones) is 1. The van der Waals surface area contributed by atoms with Gasteiger partial charge < -0.3 is 14.9 Å². The van der Waals surface area contributed by atoms with Gasteiger partial charge in [-0.05, 0) is 0 Å². The minimum absolute atomic E-state index is 0.170. The van der Waals surface area contributed by atoms with Crippen LogP contribution in [0.4, 0.5) is 0 Å². The molecule has 1 aliphatic heterocycles. The number of aliphatic hydroxyl groups excluding tert-OH is 2. The first kappa shape index (κ1) is 8.83. The summed E-state index contributed by atoms with van der Waals surface area (Å²) < 4.78 is 4.53.